The second-order valence-corrected chi connectivity index (χ2v) is 6.41. The van der Waals surface area contributed by atoms with Gasteiger partial charge >= 0.3 is 6.18 Å². The number of alkyl halides is 3. The largest absolute Gasteiger partial charge is 0.417 e. The fraction of sp³-hybridized carbons (Fsp3) is 0.500. The van der Waals surface area contributed by atoms with Crippen molar-refractivity contribution in [2.45, 2.75) is 37.3 Å². The molecule has 1 aromatic carbocycles. The molecule has 1 aromatic rings. The standard InChI is InChI=1S/C12H15ClF3NO2S/c1-2-3-4-7-17-20(18,19)11-6-5-9(13)8-10(11)12(14,15)16/h5-6,8,17H,2-4,7H2,1H3. The molecule has 0 saturated heterocycles. The molecule has 1 rings (SSSR count). The maximum absolute atomic E-state index is 12.9. The lowest BCUT2D eigenvalue weighted by molar-refractivity contribution is -0.139. The summed E-state index contributed by atoms with van der Waals surface area (Å²) in [7, 11) is -4.20. The molecule has 0 aromatic heterocycles. The minimum absolute atomic E-state index is 0.107. The van der Waals surface area contributed by atoms with Crippen molar-refractivity contribution in [3.05, 3.63) is 28.8 Å². The van der Waals surface area contributed by atoms with Gasteiger partial charge in [0.2, 0.25) is 10.0 Å². The SMILES string of the molecule is CCCCCNS(=O)(=O)c1ccc(Cl)cc1C(F)(F)F. The van der Waals surface area contributed by atoms with E-state index in [4.69, 9.17) is 11.6 Å². The number of nitrogens with one attached hydrogen (secondary N) is 1. The van der Waals surface area contributed by atoms with Crippen LogP contribution in [0.3, 0.4) is 0 Å². The Hall–Kier alpha value is -0.790. The number of unbranched alkanes of at least 4 members (excludes halogenated alkanes) is 2. The lowest BCUT2D eigenvalue weighted by Gasteiger charge is -2.14. The summed E-state index contributed by atoms with van der Waals surface area (Å²) in [5.41, 5.74) is -1.26. The predicted molar refractivity (Wildman–Crippen MR) is 71.2 cm³/mol. The first-order valence-electron chi connectivity index (χ1n) is 6.05. The fourth-order valence-electron chi connectivity index (χ4n) is 1.62. The van der Waals surface area contributed by atoms with E-state index in [9.17, 15) is 21.6 Å². The summed E-state index contributed by atoms with van der Waals surface area (Å²) in [6, 6.07) is 2.60. The Morgan fingerprint density at radius 1 is 1.25 bits per heavy atom. The second-order valence-electron chi connectivity index (χ2n) is 4.24. The molecule has 0 unspecified atom stereocenters. The van der Waals surface area contributed by atoms with E-state index in [-0.39, 0.29) is 11.6 Å². The highest BCUT2D eigenvalue weighted by Gasteiger charge is 2.37. The van der Waals surface area contributed by atoms with Crippen molar-refractivity contribution in [3.63, 3.8) is 0 Å². The van der Waals surface area contributed by atoms with Crippen LogP contribution in [0.4, 0.5) is 13.2 Å². The molecule has 0 atom stereocenters. The van der Waals surface area contributed by atoms with Gasteiger partial charge in [0.15, 0.2) is 0 Å². The van der Waals surface area contributed by atoms with Gasteiger partial charge in [-0.05, 0) is 24.6 Å². The third kappa shape index (κ3) is 4.64. The Kier molecular flexibility index (Phi) is 5.85. The quantitative estimate of drug-likeness (QED) is 0.806. The number of halogens is 4. The van der Waals surface area contributed by atoms with E-state index in [1.807, 2.05) is 6.92 Å². The lowest BCUT2D eigenvalue weighted by Crippen LogP contribution is -2.27. The van der Waals surface area contributed by atoms with Gasteiger partial charge in [-0.2, -0.15) is 13.2 Å². The first kappa shape index (κ1) is 17.3. The highest BCUT2D eigenvalue weighted by atomic mass is 35.5. The van der Waals surface area contributed by atoms with Crippen molar-refractivity contribution in [1.82, 2.24) is 4.72 Å². The minimum atomic E-state index is -4.78. The lowest BCUT2D eigenvalue weighted by atomic mass is 10.2. The van der Waals surface area contributed by atoms with Crippen LogP contribution in [0.5, 0.6) is 0 Å². The van der Waals surface area contributed by atoms with Crippen LogP contribution in [-0.2, 0) is 16.2 Å². The molecule has 0 bridgehead atoms. The van der Waals surface area contributed by atoms with Crippen LogP contribution >= 0.6 is 11.6 Å². The van der Waals surface area contributed by atoms with Crippen molar-refractivity contribution in [1.29, 1.82) is 0 Å². The van der Waals surface area contributed by atoms with Crippen molar-refractivity contribution >= 4 is 21.6 Å². The zero-order valence-corrected chi connectivity index (χ0v) is 12.4. The van der Waals surface area contributed by atoms with Crippen molar-refractivity contribution < 1.29 is 21.6 Å². The van der Waals surface area contributed by atoms with Crippen LogP contribution in [-0.4, -0.2) is 15.0 Å². The highest BCUT2D eigenvalue weighted by Crippen LogP contribution is 2.35. The van der Waals surface area contributed by atoms with E-state index in [2.05, 4.69) is 4.72 Å². The first-order chi connectivity index (χ1) is 9.18. The summed E-state index contributed by atoms with van der Waals surface area (Å²) in [4.78, 5) is -0.800. The molecule has 0 aliphatic heterocycles. The Balaban J connectivity index is 3.06. The number of hydrogen-bond donors (Lipinski definition) is 1. The van der Waals surface area contributed by atoms with Gasteiger partial charge in [0, 0.05) is 11.6 Å². The molecule has 0 spiro atoms. The fourth-order valence-corrected chi connectivity index (χ4v) is 3.07. The smallest absolute Gasteiger partial charge is 0.211 e. The molecule has 20 heavy (non-hydrogen) atoms. The van der Waals surface area contributed by atoms with E-state index in [0.717, 1.165) is 25.0 Å². The van der Waals surface area contributed by atoms with Crippen molar-refractivity contribution in [2.75, 3.05) is 6.54 Å². The summed E-state index contributed by atoms with van der Waals surface area (Å²) in [6.45, 7) is 2.05. The number of benzene rings is 1. The molecule has 0 aliphatic carbocycles. The molecule has 1 N–H and O–H groups in total. The van der Waals surface area contributed by atoms with Crippen molar-refractivity contribution in [2.24, 2.45) is 0 Å². The molecule has 0 heterocycles. The zero-order valence-electron chi connectivity index (χ0n) is 10.8. The van der Waals surface area contributed by atoms with E-state index in [1.54, 1.807) is 0 Å². The molecule has 0 fully saturated rings. The Labute approximate surface area is 121 Å². The second kappa shape index (κ2) is 6.78. The third-order valence-electron chi connectivity index (χ3n) is 2.61. The Morgan fingerprint density at radius 3 is 2.45 bits per heavy atom. The minimum Gasteiger partial charge on any atom is -0.211 e. The van der Waals surface area contributed by atoms with E-state index < -0.39 is 26.7 Å². The highest BCUT2D eigenvalue weighted by molar-refractivity contribution is 7.89. The van der Waals surface area contributed by atoms with Gasteiger partial charge in [0.25, 0.3) is 0 Å². The number of rotatable bonds is 6. The van der Waals surface area contributed by atoms with Crippen LogP contribution in [0.25, 0.3) is 0 Å². The van der Waals surface area contributed by atoms with Gasteiger partial charge in [-0.25, -0.2) is 13.1 Å². The summed E-state index contributed by atoms with van der Waals surface area (Å²) >= 11 is 5.50. The first-order valence-corrected chi connectivity index (χ1v) is 7.91. The van der Waals surface area contributed by atoms with E-state index in [1.165, 1.54) is 0 Å². The average Bonchev–Trinajstić information content (AvgIpc) is 2.33. The molecule has 0 saturated carbocycles. The van der Waals surface area contributed by atoms with Gasteiger partial charge in [0.05, 0.1) is 10.5 Å². The summed E-state index contributed by atoms with van der Waals surface area (Å²) in [5.74, 6) is 0. The van der Waals surface area contributed by atoms with Crippen LogP contribution in [0.2, 0.25) is 5.02 Å². The van der Waals surface area contributed by atoms with Gasteiger partial charge in [0.1, 0.15) is 0 Å². The molecule has 114 valence electrons. The van der Waals surface area contributed by atoms with Crippen LogP contribution in [0.1, 0.15) is 31.7 Å². The summed E-state index contributed by atoms with van der Waals surface area (Å²) < 4.78 is 64.6. The van der Waals surface area contributed by atoms with Gasteiger partial charge in [-0.15, -0.1) is 0 Å². The summed E-state index contributed by atoms with van der Waals surface area (Å²) in [6.07, 6.45) is -2.52. The number of hydrogen-bond acceptors (Lipinski definition) is 2. The van der Waals surface area contributed by atoms with Crippen LogP contribution in [0, 0.1) is 0 Å². The van der Waals surface area contributed by atoms with Crippen molar-refractivity contribution in [3.8, 4) is 0 Å². The summed E-state index contributed by atoms with van der Waals surface area (Å²) in [5, 5.41) is -0.165. The normalized spacial score (nSPS) is 12.7. The molecule has 0 radical (unpaired) electrons. The topological polar surface area (TPSA) is 46.2 Å². The van der Waals surface area contributed by atoms with E-state index >= 15 is 0 Å². The maximum Gasteiger partial charge on any atom is 0.417 e. The monoisotopic (exact) mass is 329 g/mol. The molecule has 8 heteroatoms. The molecule has 3 nitrogen and oxygen atoms in total. The Morgan fingerprint density at radius 2 is 1.90 bits per heavy atom. The predicted octanol–water partition coefficient (Wildman–Crippen LogP) is 3.83. The van der Waals surface area contributed by atoms with E-state index in [0.29, 0.717) is 12.5 Å². The molecule has 0 amide bonds. The molecular formula is C12H15ClF3NO2S. The average molecular weight is 330 g/mol. The molecule has 0 aliphatic rings. The van der Waals surface area contributed by atoms with Crippen LogP contribution in [0.15, 0.2) is 23.1 Å². The molecular weight excluding hydrogens is 315 g/mol. The van der Waals surface area contributed by atoms with Crippen LogP contribution < -0.4 is 4.72 Å². The third-order valence-corrected chi connectivity index (χ3v) is 4.36. The maximum atomic E-state index is 12.9. The van der Waals surface area contributed by atoms with Gasteiger partial charge in [-0.3, -0.25) is 0 Å². The van der Waals surface area contributed by atoms with Gasteiger partial charge < -0.3 is 0 Å². The van der Waals surface area contributed by atoms with Gasteiger partial charge in [-0.1, -0.05) is 31.4 Å². The zero-order chi connectivity index (χ0) is 15.4. The number of sulfonamides is 1. The Bertz CT molecular complexity index is 558.